The lowest BCUT2D eigenvalue weighted by Crippen LogP contribution is -2.39. The van der Waals surface area contributed by atoms with E-state index in [2.05, 4.69) is 4.90 Å². The van der Waals surface area contributed by atoms with E-state index < -0.39 is 12.1 Å². The maximum absolute atomic E-state index is 14.2. The number of carboxylic acids is 1. The number of aliphatic carboxylic acids is 1. The number of halogens is 4. The van der Waals surface area contributed by atoms with Crippen molar-refractivity contribution in [3.05, 3.63) is 82.1 Å². The number of alkyl halides is 3. The molecule has 1 aromatic heterocycles. The Labute approximate surface area is 257 Å². The van der Waals surface area contributed by atoms with E-state index in [0.29, 0.717) is 34.2 Å². The minimum Gasteiger partial charge on any atom is -0.496 e. The van der Waals surface area contributed by atoms with Crippen LogP contribution in [0.5, 0.6) is 5.75 Å². The Morgan fingerprint density at radius 3 is 2.41 bits per heavy atom. The Morgan fingerprint density at radius 1 is 1.00 bits per heavy atom. The molecular weight excluding hydrogens is 595 g/mol. The van der Waals surface area contributed by atoms with Gasteiger partial charge in [0.05, 0.1) is 23.6 Å². The molecule has 1 aliphatic carbocycles. The van der Waals surface area contributed by atoms with E-state index in [-0.39, 0.29) is 5.56 Å². The Balaban J connectivity index is 0.000000493. The van der Waals surface area contributed by atoms with E-state index in [4.69, 9.17) is 31.2 Å². The van der Waals surface area contributed by atoms with Crippen LogP contribution in [0.1, 0.15) is 25.7 Å². The van der Waals surface area contributed by atoms with Gasteiger partial charge in [0.25, 0.3) is 5.56 Å². The van der Waals surface area contributed by atoms with Crippen LogP contribution in [0.4, 0.5) is 13.2 Å². The number of hydrogen-bond acceptors (Lipinski definition) is 5. The number of aromatic nitrogens is 2. The highest BCUT2D eigenvalue weighted by Crippen LogP contribution is 2.33. The molecule has 1 saturated carbocycles. The second kappa shape index (κ2) is 13.4. The SMILES string of the molecule is COc1ccccc1-c1nc2ccc(-c3cccc(Cl)c3)cc2c(=O)n1CC1CCCN(CC2CC2)C1.O=C(O)C(F)(F)F. The zero-order valence-corrected chi connectivity index (χ0v) is 24.9. The molecule has 0 spiro atoms. The number of piperidine rings is 1. The van der Waals surface area contributed by atoms with Crippen LogP contribution in [-0.4, -0.2) is 58.4 Å². The summed E-state index contributed by atoms with van der Waals surface area (Å²) in [6.07, 6.45) is -0.0557. The van der Waals surface area contributed by atoms with Crippen molar-refractivity contribution in [2.24, 2.45) is 11.8 Å². The highest BCUT2D eigenvalue weighted by atomic mass is 35.5. The summed E-state index contributed by atoms with van der Waals surface area (Å²) < 4.78 is 39.3. The average Bonchev–Trinajstić information content (AvgIpc) is 3.82. The molecule has 44 heavy (non-hydrogen) atoms. The number of fused-ring (bicyclic) bond motifs is 1. The molecule has 1 atom stereocenters. The monoisotopic (exact) mass is 627 g/mol. The summed E-state index contributed by atoms with van der Waals surface area (Å²) in [6.45, 7) is 4.05. The summed E-state index contributed by atoms with van der Waals surface area (Å²) in [5.74, 6) is -0.0822. The van der Waals surface area contributed by atoms with Gasteiger partial charge in [-0.05, 0) is 91.6 Å². The lowest BCUT2D eigenvalue weighted by atomic mass is 9.97. The van der Waals surface area contributed by atoms with Gasteiger partial charge in [-0.15, -0.1) is 0 Å². The van der Waals surface area contributed by atoms with E-state index >= 15 is 0 Å². The zero-order valence-electron chi connectivity index (χ0n) is 24.2. The van der Waals surface area contributed by atoms with Crippen LogP contribution >= 0.6 is 11.6 Å². The van der Waals surface area contributed by atoms with Crippen LogP contribution in [0.2, 0.25) is 5.02 Å². The normalized spacial score (nSPS) is 17.2. The van der Waals surface area contributed by atoms with Crippen molar-refractivity contribution in [3.8, 4) is 28.3 Å². The van der Waals surface area contributed by atoms with Crippen molar-refractivity contribution in [3.63, 3.8) is 0 Å². The maximum atomic E-state index is 14.2. The van der Waals surface area contributed by atoms with Gasteiger partial charge in [-0.25, -0.2) is 9.78 Å². The third kappa shape index (κ3) is 7.60. The number of methoxy groups -OCH3 is 1. The number of ether oxygens (including phenoxy) is 1. The fourth-order valence-electron chi connectivity index (χ4n) is 5.66. The number of carbonyl (C=O) groups is 1. The topological polar surface area (TPSA) is 84.7 Å². The second-order valence-corrected chi connectivity index (χ2v) is 11.7. The van der Waals surface area contributed by atoms with E-state index in [0.717, 1.165) is 41.3 Å². The van der Waals surface area contributed by atoms with Gasteiger partial charge in [0.15, 0.2) is 0 Å². The number of carboxylic acid groups (broad SMARTS) is 1. The largest absolute Gasteiger partial charge is 0.496 e. The van der Waals surface area contributed by atoms with Crippen LogP contribution in [-0.2, 0) is 11.3 Å². The molecule has 0 bridgehead atoms. The van der Waals surface area contributed by atoms with Crippen molar-refractivity contribution in [1.29, 1.82) is 0 Å². The first kappa shape index (κ1) is 31.5. The van der Waals surface area contributed by atoms with Gasteiger partial charge in [-0.2, -0.15) is 13.2 Å². The van der Waals surface area contributed by atoms with E-state index in [9.17, 15) is 18.0 Å². The first-order valence-corrected chi connectivity index (χ1v) is 14.9. The van der Waals surface area contributed by atoms with Crippen LogP contribution in [0.3, 0.4) is 0 Å². The lowest BCUT2D eigenvalue weighted by molar-refractivity contribution is -0.192. The number of likely N-dealkylation sites (tertiary alicyclic amines) is 1. The summed E-state index contributed by atoms with van der Waals surface area (Å²) in [6, 6.07) is 21.5. The molecule has 11 heteroatoms. The molecule has 0 radical (unpaired) electrons. The number of para-hydroxylation sites is 1. The standard InChI is InChI=1S/C31H32ClN3O2.C2HF3O2/c1-37-29-10-3-2-9-26(29)30-33-28-14-13-24(23-7-4-8-25(32)16-23)17-27(28)31(36)35(30)20-22-6-5-15-34(19-22)18-21-11-12-21;3-2(4,5)1(6)7/h2-4,7-10,13-14,16-17,21-22H,5-6,11-12,15,18-20H2,1H3;(H,6,7). The Kier molecular flexibility index (Phi) is 9.60. The fraction of sp³-hybridized carbons (Fsp3) is 0.364. The van der Waals surface area contributed by atoms with Gasteiger partial charge < -0.3 is 14.7 Å². The number of hydrogen-bond donors (Lipinski definition) is 1. The van der Waals surface area contributed by atoms with Crippen LogP contribution in [0.15, 0.2) is 71.5 Å². The molecule has 2 heterocycles. The third-order valence-corrected chi connectivity index (χ3v) is 8.19. The van der Waals surface area contributed by atoms with Gasteiger partial charge in [-0.1, -0.05) is 41.9 Å². The fourth-order valence-corrected chi connectivity index (χ4v) is 5.85. The van der Waals surface area contributed by atoms with Crippen LogP contribution in [0.25, 0.3) is 33.4 Å². The van der Waals surface area contributed by atoms with Gasteiger partial charge in [0.2, 0.25) is 0 Å². The average molecular weight is 628 g/mol. The zero-order chi connectivity index (χ0) is 31.4. The predicted octanol–water partition coefficient (Wildman–Crippen LogP) is 7.15. The maximum Gasteiger partial charge on any atom is 0.490 e. The van der Waals surface area contributed by atoms with Crippen LogP contribution in [0, 0.1) is 11.8 Å². The molecule has 3 aromatic carbocycles. The molecule has 2 fully saturated rings. The Bertz CT molecular complexity index is 1700. The summed E-state index contributed by atoms with van der Waals surface area (Å²) in [5, 5.41) is 8.43. The first-order valence-electron chi connectivity index (χ1n) is 14.5. The van der Waals surface area contributed by atoms with Gasteiger partial charge in [0.1, 0.15) is 11.6 Å². The van der Waals surface area contributed by atoms with Crippen molar-refractivity contribution in [1.82, 2.24) is 14.5 Å². The number of benzene rings is 3. The highest BCUT2D eigenvalue weighted by molar-refractivity contribution is 6.30. The summed E-state index contributed by atoms with van der Waals surface area (Å²) in [7, 11) is 1.66. The Morgan fingerprint density at radius 2 is 1.73 bits per heavy atom. The number of rotatable bonds is 7. The lowest BCUT2D eigenvalue weighted by Gasteiger charge is -2.33. The molecule has 1 N–H and O–H groups in total. The van der Waals surface area contributed by atoms with Gasteiger partial charge in [-0.3, -0.25) is 9.36 Å². The molecule has 0 amide bonds. The van der Waals surface area contributed by atoms with E-state index in [1.807, 2.05) is 71.3 Å². The van der Waals surface area contributed by atoms with Gasteiger partial charge >= 0.3 is 12.1 Å². The molecule has 232 valence electrons. The molecule has 1 aliphatic heterocycles. The summed E-state index contributed by atoms with van der Waals surface area (Å²) >= 11 is 6.25. The summed E-state index contributed by atoms with van der Waals surface area (Å²) in [5.41, 5.74) is 3.46. The van der Waals surface area contributed by atoms with E-state index in [1.165, 1.54) is 32.4 Å². The quantitative estimate of drug-likeness (QED) is 0.234. The Hall–Kier alpha value is -3.89. The van der Waals surface area contributed by atoms with Gasteiger partial charge in [0, 0.05) is 24.7 Å². The van der Waals surface area contributed by atoms with E-state index in [1.54, 1.807) is 7.11 Å². The second-order valence-electron chi connectivity index (χ2n) is 11.3. The molecular formula is C33H33ClF3N3O4. The van der Waals surface area contributed by atoms with Crippen LogP contribution < -0.4 is 10.3 Å². The number of nitrogens with zero attached hydrogens (tertiary/aromatic N) is 3. The molecule has 6 rings (SSSR count). The minimum atomic E-state index is -5.08. The van der Waals surface area contributed by atoms with Crippen molar-refractivity contribution in [2.45, 2.75) is 38.4 Å². The molecule has 2 aliphatic rings. The third-order valence-electron chi connectivity index (χ3n) is 7.96. The molecule has 4 aromatic rings. The molecule has 1 saturated heterocycles. The van der Waals surface area contributed by atoms with Crippen molar-refractivity contribution in [2.75, 3.05) is 26.7 Å². The van der Waals surface area contributed by atoms with Crippen molar-refractivity contribution >= 4 is 28.5 Å². The minimum absolute atomic E-state index is 0.00546. The predicted molar refractivity (Wildman–Crippen MR) is 164 cm³/mol. The van der Waals surface area contributed by atoms with Crippen molar-refractivity contribution < 1.29 is 27.8 Å². The first-order chi connectivity index (χ1) is 21.0. The molecule has 1 unspecified atom stereocenters. The molecule has 7 nitrogen and oxygen atoms in total. The highest BCUT2D eigenvalue weighted by Gasteiger charge is 2.38. The summed E-state index contributed by atoms with van der Waals surface area (Å²) in [4.78, 5) is 30.7. The smallest absolute Gasteiger partial charge is 0.490 e.